The predicted octanol–water partition coefficient (Wildman–Crippen LogP) is 4.51. The van der Waals surface area contributed by atoms with Crippen LogP contribution in [0.1, 0.15) is 23.6 Å². The number of rotatable bonds is 6. The predicted molar refractivity (Wildman–Crippen MR) is 140 cm³/mol. The molecule has 8 heteroatoms. The maximum Gasteiger partial charge on any atom is 0.328 e. The van der Waals surface area contributed by atoms with Gasteiger partial charge in [-0.15, -0.1) is 5.10 Å². The number of carbonyl (C=O) groups excluding carboxylic acids is 2. The molecule has 1 atom stereocenters. The van der Waals surface area contributed by atoms with Crippen LogP contribution < -0.4 is 0 Å². The first-order chi connectivity index (χ1) is 18.2. The van der Waals surface area contributed by atoms with E-state index in [9.17, 15) is 9.59 Å². The molecule has 0 N–H and O–H groups in total. The highest BCUT2D eigenvalue weighted by Gasteiger charge is 2.33. The Bertz CT molecular complexity index is 1640. The second-order valence-electron chi connectivity index (χ2n) is 8.87. The van der Waals surface area contributed by atoms with Gasteiger partial charge in [0.15, 0.2) is 6.61 Å². The molecule has 0 aliphatic carbocycles. The van der Waals surface area contributed by atoms with E-state index in [-0.39, 0.29) is 18.5 Å². The van der Waals surface area contributed by atoms with Crippen molar-refractivity contribution in [1.82, 2.24) is 20.0 Å². The molecule has 1 aliphatic heterocycles. The normalized spacial score (nSPS) is 15.2. The van der Waals surface area contributed by atoms with Crippen LogP contribution in [0.3, 0.4) is 0 Å². The lowest BCUT2D eigenvalue weighted by Crippen LogP contribution is -2.32. The second-order valence-corrected chi connectivity index (χ2v) is 8.87. The van der Waals surface area contributed by atoms with Crippen molar-refractivity contribution in [3.8, 4) is 0 Å². The zero-order valence-corrected chi connectivity index (χ0v) is 19.9. The van der Waals surface area contributed by atoms with Crippen LogP contribution in [-0.4, -0.2) is 44.2 Å². The number of nitrogens with zero attached hydrogens (tertiary/aromatic N) is 5. The van der Waals surface area contributed by atoms with Crippen LogP contribution in [0, 0.1) is 0 Å². The first-order valence-corrected chi connectivity index (χ1v) is 12.0. The average Bonchev–Trinajstić information content (AvgIpc) is 3.57. The van der Waals surface area contributed by atoms with Gasteiger partial charge in [0.2, 0.25) is 0 Å². The van der Waals surface area contributed by atoms with Crippen LogP contribution in [0.15, 0.2) is 102 Å². The zero-order chi connectivity index (χ0) is 25.2. The van der Waals surface area contributed by atoms with E-state index < -0.39 is 12.6 Å². The molecule has 2 heterocycles. The Kier molecular flexibility index (Phi) is 5.90. The number of benzene rings is 4. The van der Waals surface area contributed by atoms with Gasteiger partial charge >= 0.3 is 5.97 Å². The first kappa shape index (κ1) is 22.6. The number of carbonyl (C=O) groups is 2. The molecule has 0 unspecified atom stereocenters. The molecule has 1 aliphatic rings. The smallest absolute Gasteiger partial charge is 0.328 e. The Morgan fingerprint density at radius 1 is 0.865 bits per heavy atom. The number of ether oxygens (including phenoxy) is 1. The maximum atomic E-state index is 13.2. The van der Waals surface area contributed by atoms with Crippen molar-refractivity contribution < 1.29 is 14.3 Å². The van der Waals surface area contributed by atoms with Crippen LogP contribution in [0.2, 0.25) is 0 Å². The number of aromatic nitrogens is 3. The van der Waals surface area contributed by atoms with Crippen molar-refractivity contribution in [2.75, 3.05) is 6.61 Å². The second kappa shape index (κ2) is 9.66. The van der Waals surface area contributed by atoms with Gasteiger partial charge in [-0.3, -0.25) is 9.59 Å². The zero-order valence-electron chi connectivity index (χ0n) is 19.9. The van der Waals surface area contributed by atoms with Crippen molar-refractivity contribution in [2.24, 2.45) is 5.10 Å². The quantitative estimate of drug-likeness (QED) is 0.328. The van der Waals surface area contributed by atoms with Gasteiger partial charge in [-0.1, -0.05) is 84.1 Å². The average molecular weight is 490 g/mol. The van der Waals surface area contributed by atoms with Crippen molar-refractivity contribution in [1.29, 1.82) is 0 Å². The third-order valence-corrected chi connectivity index (χ3v) is 6.49. The van der Waals surface area contributed by atoms with E-state index >= 15 is 0 Å². The fourth-order valence-electron chi connectivity index (χ4n) is 4.63. The SMILES string of the molecule is O=C(Cn1nnc2ccccc21)OCC(=O)N1N=C(c2ccc3ccccc3c2)C[C@@H]1c1ccccc1. The Morgan fingerprint density at radius 2 is 1.62 bits per heavy atom. The summed E-state index contributed by atoms with van der Waals surface area (Å²) >= 11 is 0. The van der Waals surface area contributed by atoms with E-state index in [0.717, 1.165) is 33.1 Å². The lowest BCUT2D eigenvalue weighted by atomic mass is 9.97. The van der Waals surface area contributed by atoms with Gasteiger partial charge in [-0.2, -0.15) is 5.10 Å². The monoisotopic (exact) mass is 489 g/mol. The molecule has 0 radical (unpaired) electrons. The molecule has 1 amide bonds. The summed E-state index contributed by atoms with van der Waals surface area (Å²) < 4.78 is 6.79. The largest absolute Gasteiger partial charge is 0.454 e. The maximum absolute atomic E-state index is 13.2. The molecule has 1 aromatic heterocycles. The van der Waals surface area contributed by atoms with Gasteiger partial charge in [0, 0.05) is 6.42 Å². The molecule has 0 bridgehead atoms. The van der Waals surface area contributed by atoms with Crippen molar-refractivity contribution in [3.05, 3.63) is 108 Å². The molecular formula is C29H23N5O3. The highest BCUT2D eigenvalue weighted by atomic mass is 16.5. The van der Waals surface area contributed by atoms with Crippen LogP contribution >= 0.6 is 0 Å². The topological polar surface area (TPSA) is 89.7 Å². The lowest BCUT2D eigenvalue weighted by Gasteiger charge is -2.21. The number of para-hydroxylation sites is 1. The standard InChI is InChI=1S/C29H23N5O3/c35-28(19-37-29(36)18-33-26-13-7-6-12-24(26)30-32-33)34-27(21-9-2-1-3-10-21)17-25(31-34)23-15-14-20-8-4-5-11-22(20)16-23/h1-16,27H,17-19H2/t27-/m1/s1. The van der Waals surface area contributed by atoms with Crippen LogP contribution in [0.25, 0.3) is 21.8 Å². The van der Waals surface area contributed by atoms with Crippen LogP contribution in [0.4, 0.5) is 0 Å². The summed E-state index contributed by atoms with van der Waals surface area (Å²) in [5.74, 6) is -0.959. The summed E-state index contributed by atoms with van der Waals surface area (Å²) in [7, 11) is 0. The molecule has 5 aromatic rings. The summed E-state index contributed by atoms with van der Waals surface area (Å²) in [4.78, 5) is 25.8. The number of hydrogen-bond acceptors (Lipinski definition) is 6. The summed E-state index contributed by atoms with van der Waals surface area (Å²) in [5.41, 5.74) is 4.15. The third kappa shape index (κ3) is 4.56. The molecule has 4 aromatic carbocycles. The first-order valence-electron chi connectivity index (χ1n) is 12.0. The highest BCUT2D eigenvalue weighted by Crippen LogP contribution is 2.33. The van der Waals surface area contributed by atoms with E-state index in [1.807, 2.05) is 72.8 Å². The molecule has 0 saturated carbocycles. The number of fused-ring (bicyclic) bond motifs is 2. The number of hydrogen-bond donors (Lipinski definition) is 0. The summed E-state index contributed by atoms with van der Waals surface area (Å²) in [6.07, 6.45) is 0.562. The Labute approximate surface area is 212 Å². The van der Waals surface area contributed by atoms with Gasteiger partial charge in [0.25, 0.3) is 5.91 Å². The lowest BCUT2D eigenvalue weighted by molar-refractivity contribution is -0.153. The van der Waals surface area contributed by atoms with E-state index in [1.165, 1.54) is 9.69 Å². The number of hydrazone groups is 1. The van der Waals surface area contributed by atoms with Crippen molar-refractivity contribution >= 4 is 39.4 Å². The highest BCUT2D eigenvalue weighted by molar-refractivity contribution is 6.05. The Hall–Kier alpha value is -4.85. The van der Waals surface area contributed by atoms with Crippen LogP contribution in [0.5, 0.6) is 0 Å². The number of esters is 1. The summed E-state index contributed by atoms with van der Waals surface area (Å²) in [6.45, 7) is -0.551. The summed E-state index contributed by atoms with van der Waals surface area (Å²) in [6, 6.07) is 31.1. The van der Waals surface area contributed by atoms with E-state index in [1.54, 1.807) is 0 Å². The molecule has 182 valence electrons. The third-order valence-electron chi connectivity index (χ3n) is 6.49. The van der Waals surface area contributed by atoms with E-state index in [4.69, 9.17) is 9.84 Å². The minimum absolute atomic E-state index is 0.137. The van der Waals surface area contributed by atoms with Gasteiger partial charge in [0.05, 0.1) is 17.3 Å². The minimum Gasteiger partial charge on any atom is -0.454 e. The van der Waals surface area contributed by atoms with Crippen molar-refractivity contribution in [2.45, 2.75) is 19.0 Å². The van der Waals surface area contributed by atoms with Gasteiger partial charge in [-0.05, 0) is 40.1 Å². The van der Waals surface area contributed by atoms with Gasteiger partial charge < -0.3 is 4.74 Å². The molecule has 0 spiro atoms. The molecular weight excluding hydrogens is 466 g/mol. The van der Waals surface area contributed by atoms with E-state index in [0.29, 0.717) is 11.9 Å². The molecule has 6 rings (SSSR count). The van der Waals surface area contributed by atoms with Gasteiger partial charge in [-0.25, -0.2) is 9.69 Å². The van der Waals surface area contributed by atoms with Crippen LogP contribution in [-0.2, 0) is 20.9 Å². The summed E-state index contributed by atoms with van der Waals surface area (Å²) in [5, 5.41) is 16.4. The van der Waals surface area contributed by atoms with E-state index in [2.05, 4.69) is 34.6 Å². The Balaban J connectivity index is 1.20. The minimum atomic E-state index is -0.571. The molecule has 0 fully saturated rings. The molecule has 37 heavy (non-hydrogen) atoms. The fraction of sp³-hybridized carbons (Fsp3) is 0.138. The molecule has 8 nitrogen and oxygen atoms in total. The fourth-order valence-corrected chi connectivity index (χ4v) is 4.63. The number of amides is 1. The van der Waals surface area contributed by atoms with Crippen molar-refractivity contribution in [3.63, 3.8) is 0 Å². The molecule has 0 saturated heterocycles. The Morgan fingerprint density at radius 3 is 2.49 bits per heavy atom. The van der Waals surface area contributed by atoms with Gasteiger partial charge in [0.1, 0.15) is 12.1 Å².